The van der Waals surface area contributed by atoms with Crippen LogP contribution in [0.2, 0.25) is 12.1 Å². The van der Waals surface area contributed by atoms with E-state index in [0.717, 1.165) is 12.1 Å². The van der Waals surface area contributed by atoms with Crippen molar-refractivity contribution >= 4 is 40.3 Å². The maximum atomic E-state index is 6.27. The summed E-state index contributed by atoms with van der Waals surface area (Å²) in [5.41, 5.74) is 0.853. The Balaban J connectivity index is 4.89. The van der Waals surface area contributed by atoms with Gasteiger partial charge in [0.05, 0.1) is 11.0 Å². The van der Waals surface area contributed by atoms with Gasteiger partial charge in [0.1, 0.15) is 0 Å². The van der Waals surface area contributed by atoms with E-state index >= 15 is 0 Å². The van der Waals surface area contributed by atoms with E-state index in [1.807, 2.05) is 13.8 Å². The molecule has 0 aliphatic heterocycles. The van der Waals surface area contributed by atoms with E-state index in [4.69, 9.17) is 36.2 Å². The van der Waals surface area contributed by atoms with Gasteiger partial charge in [-0.15, -0.1) is 23.2 Å². The number of alkyl halides is 2. The molecule has 0 aromatic rings. The highest BCUT2D eigenvalue weighted by atomic mass is 35.5. The molecule has 0 fully saturated rings. The second kappa shape index (κ2) is 8.90. The second-order valence-corrected chi connectivity index (χ2v) is 12.4. The fourth-order valence-corrected chi connectivity index (χ4v) is 10.9. The smallest absolute Gasteiger partial charge is 0.344 e. The normalized spacial score (nSPS) is 18.7. The molecule has 0 saturated carbocycles. The first-order valence-corrected chi connectivity index (χ1v) is 11.7. The van der Waals surface area contributed by atoms with Crippen molar-refractivity contribution in [3.8, 4) is 0 Å². The molecule has 0 heterocycles. The Kier molecular flexibility index (Phi) is 9.37. The summed E-state index contributed by atoms with van der Waals surface area (Å²) in [4.78, 5) is 0. The van der Waals surface area contributed by atoms with Crippen LogP contribution < -0.4 is 0 Å². The van der Waals surface area contributed by atoms with Gasteiger partial charge in [-0.05, 0) is 25.9 Å². The molecule has 2 unspecified atom stereocenters. The molecule has 7 heteroatoms. The van der Waals surface area contributed by atoms with Gasteiger partial charge in [-0.25, -0.2) is 0 Å². The Hall–Kier alpha value is 0.894. The summed E-state index contributed by atoms with van der Waals surface area (Å²) in [6.45, 7) is 9.27. The van der Waals surface area contributed by atoms with Crippen LogP contribution in [0, 0.1) is 0 Å². The molecule has 17 heavy (non-hydrogen) atoms. The molecular weight excluding hydrogens is 295 g/mol. The van der Waals surface area contributed by atoms with Crippen molar-refractivity contribution in [1.82, 2.24) is 0 Å². The van der Waals surface area contributed by atoms with Crippen LogP contribution in [0.3, 0.4) is 0 Å². The van der Waals surface area contributed by atoms with Crippen LogP contribution in [0.15, 0.2) is 0 Å². The second-order valence-electron chi connectivity index (χ2n) is 3.76. The zero-order valence-electron chi connectivity index (χ0n) is 11.2. The SMILES string of the molecule is CCO[Si](CC)(CCl)O[Si](CC)(CCl)OCC. The lowest BCUT2D eigenvalue weighted by molar-refractivity contribution is 0.199. The van der Waals surface area contributed by atoms with E-state index in [1.165, 1.54) is 0 Å². The van der Waals surface area contributed by atoms with Gasteiger partial charge in [-0.3, -0.25) is 0 Å². The van der Waals surface area contributed by atoms with Crippen LogP contribution in [0.1, 0.15) is 27.7 Å². The van der Waals surface area contributed by atoms with Crippen molar-refractivity contribution in [2.75, 3.05) is 24.2 Å². The summed E-state index contributed by atoms with van der Waals surface area (Å²) in [6, 6.07) is 1.64. The lowest BCUT2D eigenvalue weighted by Gasteiger charge is -2.37. The fourth-order valence-electron chi connectivity index (χ4n) is 1.59. The molecule has 0 rings (SSSR count). The Labute approximate surface area is 117 Å². The first-order valence-electron chi connectivity index (χ1n) is 6.17. The molecule has 0 bridgehead atoms. The minimum Gasteiger partial charge on any atom is -0.413 e. The highest BCUT2D eigenvalue weighted by molar-refractivity contribution is 6.86. The molecule has 0 N–H and O–H groups in total. The van der Waals surface area contributed by atoms with Crippen molar-refractivity contribution < 1.29 is 13.0 Å². The predicted molar refractivity (Wildman–Crippen MR) is 78.2 cm³/mol. The van der Waals surface area contributed by atoms with Gasteiger partial charge in [0.15, 0.2) is 0 Å². The standard InChI is InChI=1S/C10H24Cl2O3Si2/c1-5-13-16(7-3,9-11)15-17(8-4,10-12)14-6-2/h5-10H2,1-4H3. The number of halogens is 2. The molecule has 0 saturated heterocycles. The largest absolute Gasteiger partial charge is 0.413 e. The summed E-state index contributed by atoms with van der Waals surface area (Å²) in [6.07, 6.45) is 0. The van der Waals surface area contributed by atoms with E-state index in [1.54, 1.807) is 0 Å². The van der Waals surface area contributed by atoms with E-state index in [2.05, 4.69) is 13.8 Å². The highest BCUT2D eigenvalue weighted by Gasteiger charge is 2.46. The molecule has 104 valence electrons. The van der Waals surface area contributed by atoms with E-state index in [-0.39, 0.29) is 0 Å². The van der Waals surface area contributed by atoms with Gasteiger partial charge >= 0.3 is 17.1 Å². The topological polar surface area (TPSA) is 27.7 Å². The minimum atomic E-state index is -2.34. The van der Waals surface area contributed by atoms with Gasteiger partial charge in [0.2, 0.25) is 0 Å². The minimum absolute atomic E-state index is 0.427. The quantitative estimate of drug-likeness (QED) is 0.455. The molecule has 3 nitrogen and oxygen atoms in total. The van der Waals surface area contributed by atoms with Gasteiger partial charge in [0.25, 0.3) is 0 Å². The molecule has 0 aromatic heterocycles. The summed E-state index contributed by atoms with van der Waals surface area (Å²) < 4.78 is 17.9. The average Bonchev–Trinajstić information content (AvgIpc) is 2.37. The molecule has 2 atom stereocenters. The fraction of sp³-hybridized carbons (Fsp3) is 1.00. The van der Waals surface area contributed by atoms with Gasteiger partial charge in [0, 0.05) is 13.2 Å². The molecule has 0 aliphatic carbocycles. The zero-order valence-corrected chi connectivity index (χ0v) is 14.7. The Morgan fingerprint density at radius 2 is 1.12 bits per heavy atom. The van der Waals surface area contributed by atoms with Gasteiger partial charge in [-0.2, -0.15) is 0 Å². The molecule has 0 amide bonds. The first-order chi connectivity index (χ1) is 8.07. The predicted octanol–water partition coefficient (Wildman–Crippen LogP) is 3.56. The van der Waals surface area contributed by atoms with Crippen LogP contribution in [0.25, 0.3) is 0 Å². The van der Waals surface area contributed by atoms with Crippen LogP contribution in [-0.2, 0) is 13.0 Å². The lowest BCUT2D eigenvalue weighted by atomic mass is 10.9. The Morgan fingerprint density at radius 1 is 0.765 bits per heavy atom. The van der Waals surface area contributed by atoms with E-state index in [0.29, 0.717) is 24.2 Å². The molecule has 0 spiro atoms. The number of hydrogen-bond acceptors (Lipinski definition) is 3. The van der Waals surface area contributed by atoms with Crippen molar-refractivity contribution in [3.63, 3.8) is 0 Å². The third kappa shape index (κ3) is 5.18. The van der Waals surface area contributed by atoms with Crippen molar-refractivity contribution in [1.29, 1.82) is 0 Å². The Bertz CT molecular complexity index is 180. The average molecular weight is 319 g/mol. The third-order valence-corrected chi connectivity index (χ3v) is 12.7. The lowest BCUT2D eigenvalue weighted by Crippen LogP contribution is -2.57. The third-order valence-electron chi connectivity index (χ3n) is 2.67. The van der Waals surface area contributed by atoms with Crippen LogP contribution in [0.5, 0.6) is 0 Å². The monoisotopic (exact) mass is 318 g/mol. The summed E-state index contributed by atoms with van der Waals surface area (Å²) in [7, 11) is -4.68. The van der Waals surface area contributed by atoms with Crippen LogP contribution >= 0.6 is 23.2 Å². The Morgan fingerprint density at radius 3 is 1.29 bits per heavy atom. The van der Waals surface area contributed by atoms with Crippen molar-refractivity contribution in [2.24, 2.45) is 0 Å². The van der Waals surface area contributed by atoms with Gasteiger partial charge < -0.3 is 13.0 Å². The molecular formula is C10H24Cl2O3Si2. The summed E-state index contributed by atoms with van der Waals surface area (Å²) in [5, 5.41) is 0. The molecule has 0 radical (unpaired) electrons. The van der Waals surface area contributed by atoms with Crippen LogP contribution in [-0.4, -0.2) is 41.3 Å². The zero-order chi connectivity index (χ0) is 13.4. The van der Waals surface area contributed by atoms with Gasteiger partial charge in [-0.1, -0.05) is 13.8 Å². The molecule has 0 aromatic carbocycles. The van der Waals surface area contributed by atoms with E-state index in [9.17, 15) is 0 Å². The van der Waals surface area contributed by atoms with E-state index < -0.39 is 17.1 Å². The summed E-state index contributed by atoms with van der Waals surface area (Å²) in [5.74, 6) is 0. The maximum absolute atomic E-state index is 6.27. The highest BCUT2D eigenvalue weighted by Crippen LogP contribution is 2.25. The number of rotatable bonds is 10. The van der Waals surface area contributed by atoms with Crippen LogP contribution in [0.4, 0.5) is 0 Å². The summed E-state index contributed by atoms with van der Waals surface area (Å²) >= 11 is 12.1. The molecule has 0 aliphatic rings. The van der Waals surface area contributed by atoms with Crippen molar-refractivity contribution in [3.05, 3.63) is 0 Å². The maximum Gasteiger partial charge on any atom is 0.344 e. The first kappa shape index (κ1) is 17.9. The number of hydrogen-bond donors (Lipinski definition) is 0. The van der Waals surface area contributed by atoms with Crippen molar-refractivity contribution in [2.45, 2.75) is 39.8 Å².